The van der Waals surface area contributed by atoms with Crippen LogP contribution in [-0.2, 0) is 4.74 Å². The minimum absolute atomic E-state index is 0.0113. The van der Waals surface area contributed by atoms with Crippen LogP contribution in [0.15, 0.2) is 30.5 Å². The minimum atomic E-state index is -0.493. The minimum Gasteiger partial charge on any atom is -0.371 e. The zero-order valence-corrected chi connectivity index (χ0v) is 14.8. The van der Waals surface area contributed by atoms with Crippen LogP contribution < -0.4 is 0 Å². The molecule has 2 heterocycles. The summed E-state index contributed by atoms with van der Waals surface area (Å²) in [7, 11) is 0. The van der Waals surface area contributed by atoms with Crippen molar-refractivity contribution in [3.63, 3.8) is 0 Å². The highest BCUT2D eigenvalue weighted by molar-refractivity contribution is 6.30. The molecule has 1 atom stereocenters. The normalized spacial score (nSPS) is 12.4. The van der Waals surface area contributed by atoms with Crippen molar-refractivity contribution in [2.45, 2.75) is 26.9 Å². The van der Waals surface area contributed by atoms with Crippen molar-refractivity contribution in [2.24, 2.45) is 0 Å². The zero-order valence-electron chi connectivity index (χ0n) is 14.1. The van der Waals surface area contributed by atoms with Crippen LogP contribution >= 0.6 is 11.6 Å². The summed E-state index contributed by atoms with van der Waals surface area (Å²) in [6, 6.07) is 6.12. The van der Waals surface area contributed by atoms with Gasteiger partial charge in [0.25, 0.3) is 0 Å². The fraction of sp³-hybridized carbons (Fsp3) is 0.294. The number of hydrogen-bond donors (Lipinski definition) is 0. The van der Waals surface area contributed by atoms with E-state index in [0.29, 0.717) is 35.5 Å². The van der Waals surface area contributed by atoms with Crippen molar-refractivity contribution in [3.05, 3.63) is 53.0 Å². The summed E-state index contributed by atoms with van der Waals surface area (Å²) in [5, 5.41) is 4.53. The second-order valence-electron chi connectivity index (χ2n) is 5.39. The number of aryl methyl sites for hydroxylation is 1. The molecule has 8 heteroatoms. The Bertz CT molecular complexity index is 898. The first-order valence-corrected chi connectivity index (χ1v) is 8.21. The van der Waals surface area contributed by atoms with Gasteiger partial charge in [0.1, 0.15) is 23.4 Å². The van der Waals surface area contributed by atoms with Gasteiger partial charge in [-0.15, -0.1) is 5.10 Å². The Hall–Kier alpha value is -2.38. The second kappa shape index (κ2) is 7.25. The van der Waals surface area contributed by atoms with Crippen molar-refractivity contribution in [1.82, 2.24) is 24.7 Å². The number of ether oxygens (including phenoxy) is 1. The van der Waals surface area contributed by atoms with Crippen LogP contribution in [-0.4, -0.2) is 31.3 Å². The van der Waals surface area contributed by atoms with E-state index in [4.69, 9.17) is 16.3 Å². The van der Waals surface area contributed by atoms with E-state index in [-0.39, 0.29) is 11.1 Å². The van der Waals surface area contributed by atoms with E-state index in [1.165, 1.54) is 12.1 Å². The lowest BCUT2D eigenvalue weighted by molar-refractivity contribution is 0.0701. The molecular weight excluding hydrogens is 345 g/mol. The first-order valence-electron chi connectivity index (χ1n) is 7.83. The topological polar surface area (TPSA) is 65.7 Å². The summed E-state index contributed by atoms with van der Waals surface area (Å²) < 4.78 is 20.7. The monoisotopic (exact) mass is 361 g/mol. The summed E-state index contributed by atoms with van der Waals surface area (Å²) in [6.07, 6.45) is 1.36. The molecule has 1 aromatic carbocycles. The van der Waals surface area contributed by atoms with Gasteiger partial charge in [0.2, 0.25) is 0 Å². The molecule has 25 heavy (non-hydrogen) atoms. The van der Waals surface area contributed by atoms with Gasteiger partial charge in [0.15, 0.2) is 11.6 Å². The molecule has 1 unspecified atom stereocenters. The Kier molecular flexibility index (Phi) is 5.06. The van der Waals surface area contributed by atoms with E-state index < -0.39 is 5.82 Å². The summed E-state index contributed by atoms with van der Waals surface area (Å²) in [4.78, 5) is 13.1. The third kappa shape index (κ3) is 3.67. The molecule has 0 fully saturated rings. The first-order chi connectivity index (χ1) is 12.0. The van der Waals surface area contributed by atoms with E-state index in [0.717, 1.165) is 0 Å². The molecule has 0 spiro atoms. The Morgan fingerprint density at radius 3 is 2.76 bits per heavy atom. The number of benzene rings is 1. The van der Waals surface area contributed by atoms with E-state index in [1.54, 1.807) is 29.9 Å². The molecule has 0 saturated heterocycles. The van der Waals surface area contributed by atoms with Crippen molar-refractivity contribution in [1.29, 1.82) is 0 Å². The highest BCUT2D eigenvalue weighted by atomic mass is 35.5. The summed E-state index contributed by atoms with van der Waals surface area (Å²) in [5.41, 5.74) is 1.19. The van der Waals surface area contributed by atoms with Crippen LogP contribution in [0.1, 0.15) is 31.6 Å². The van der Waals surface area contributed by atoms with Crippen molar-refractivity contribution >= 4 is 11.6 Å². The van der Waals surface area contributed by atoms with Crippen molar-refractivity contribution in [2.75, 3.05) is 6.61 Å². The van der Waals surface area contributed by atoms with Crippen molar-refractivity contribution in [3.8, 4) is 17.2 Å². The Morgan fingerprint density at radius 2 is 2.08 bits per heavy atom. The molecule has 0 amide bonds. The molecule has 2 aromatic heterocycles. The number of halogens is 2. The van der Waals surface area contributed by atoms with Gasteiger partial charge >= 0.3 is 0 Å². The molecule has 0 radical (unpaired) electrons. The average Bonchev–Trinajstić information content (AvgIpc) is 3.03. The Balaban J connectivity index is 2.16. The van der Waals surface area contributed by atoms with Gasteiger partial charge in [-0.2, -0.15) is 0 Å². The highest BCUT2D eigenvalue weighted by Gasteiger charge is 2.19. The lowest BCUT2D eigenvalue weighted by Gasteiger charge is -2.07. The predicted molar refractivity (Wildman–Crippen MR) is 92.1 cm³/mol. The van der Waals surface area contributed by atoms with Gasteiger partial charge in [-0.05, 0) is 45.0 Å². The molecule has 0 N–H and O–H groups in total. The van der Waals surface area contributed by atoms with Gasteiger partial charge in [-0.3, -0.25) is 0 Å². The summed E-state index contributed by atoms with van der Waals surface area (Å²) in [5.74, 6) is 1.14. The lowest BCUT2D eigenvalue weighted by Crippen LogP contribution is -2.04. The van der Waals surface area contributed by atoms with Gasteiger partial charge in [0, 0.05) is 12.8 Å². The fourth-order valence-electron chi connectivity index (χ4n) is 2.37. The molecule has 0 aliphatic rings. The Labute approximate surface area is 149 Å². The highest BCUT2D eigenvalue weighted by Crippen LogP contribution is 2.25. The smallest absolute Gasteiger partial charge is 0.182 e. The first kappa shape index (κ1) is 17.4. The number of aromatic nitrogens is 5. The molecular formula is C17H17ClFN5O. The van der Waals surface area contributed by atoms with E-state index in [9.17, 15) is 4.39 Å². The van der Waals surface area contributed by atoms with E-state index >= 15 is 0 Å². The van der Waals surface area contributed by atoms with Crippen LogP contribution in [0.5, 0.6) is 0 Å². The van der Waals surface area contributed by atoms with Crippen molar-refractivity contribution < 1.29 is 9.13 Å². The largest absolute Gasteiger partial charge is 0.371 e. The lowest BCUT2D eigenvalue weighted by atomic mass is 10.3. The maximum atomic E-state index is 13.5. The SMILES string of the molecule is CCOC(C)c1nc(-c2ccnc(C)n2)n(-c2ccc(F)c(Cl)c2)n1. The molecule has 130 valence electrons. The van der Waals surface area contributed by atoms with Crippen LogP contribution in [0, 0.1) is 12.7 Å². The quantitative estimate of drug-likeness (QED) is 0.689. The third-order valence-corrected chi connectivity index (χ3v) is 3.85. The molecule has 3 rings (SSSR count). The zero-order chi connectivity index (χ0) is 18.0. The second-order valence-corrected chi connectivity index (χ2v) is 5.80. The third-order valence-electron chi connectivity index (χ3n) is 3.56. The predicted octanol–water partition coefficient (Wildman–Crippen LogP) is 3.92. The van der Waals surface area contributed by atoms with E-state index in [1.807, 2.05) is 13.8 Å². The molecule has 0 saturated carbocycles. The summed E-state index contributed by atoms with van der Waals surface area (Å²) in [6.45, 7) is 6.11. The maximum Gasteiger partial charge on any atom is 0.182 e. The number of rotatable bonds is 5. The van der Waals surface area contributed by atoms with Gasteiger partial charge in [-0.1, -0.05) is 11.6 Å². The number of nitrogens with zero attached hydrogens (tertiary/aromatic N) is 5. The van der Waals surface area contributed by atoms with Crippen LogP contribution in [0.3, 0.4) is 0 Å². The van der Waals surface area contributed by atoms with Gasteiger partial charge in [0.05, 0.1) is 10.7 Å². The van der Waals surface area contributed by atoms with Gasteiger partial charge in [-0.25, -0.2) is 24.0 Å². The Morgan fingerprint density at radius 1 is 1.28 bits per heavy atom. The molecule has 0 aliphatic heterocycles. The van der Waals surface area contributed by atoms with Crippen LogP contribution in [0.2, 0.25) is 5.02 Å². The summed E-state index contributed by atoms with van der Waals surface area (Å²) >= 11 is 5.92. The molecule has 6 nitrogen and oxygen atoms in total. The fourth-order valence-corrected chi connectivity index (χ4v) is 2.54. The van der Waals surface area contributed by atoms with E-state index in [2.05, 4.69) is 20.1 Å². The standard InChI is InChI=1S/C17H17ClFN5O/c1-4-25-10(2)16-22-17(15-7-8-20-11(3)21-15)24(23-16)12-5-6-14(19)13(18)9-12/h5-10H,4H2,1-3H3. The van der Waals surface area contributed by atoms with Crippen LogP contribution in [0.4, 0.5) is 4.39 Å². The molecule has 0 bridgehead atoms. The maximum absolute atomic E-state index is 13.5. The number of hydrogen-bond acceptors (Lipinski definition) is 5. The molecule has 0 aliphatic carbocycles. The average molecular weight is 362 g/mol. The molecule has 3 aromatic rings. The van der Waals surface area contributed by atoms with Crippen LogP contribution in [0.25, 0.3) is 17.2 Å². The van der Waals surface area contributed by atoms with Gasteiger partial charge < -0.3 is 4.74 Å².